The molecule has 0 saturated carbocycles. The van der Waals surface area contributed by atoms with E-state index in [9.17, 15) is 25.6 Å². The van der Waals surface area contributed by atoms with E-state index >= 15 is 0 Å². The lowest BCUT2D eigenvalue weighted by atomic mass is 10.1. The van der Waals surface area contributed by atoms with Crippen LogP contribution in [0.2, 0.25) is 0 Å². The highest BCUT2D eigenvalue weighted by Gasteiger charge is 2.31. The van der Waals surface area contributed by atoms with Gasteiger partial charge < -0.3 is 0 Å². The van der Waals surface area contributed by atoms with E-state index in [0.29, 0.717) is 0 Å². The largest absolute Gasteiger partial charge is 0.240 e. The third-order valence-electron chi connectivity index (χ3n) is 3.97. The zero-order valence-corrected chi connectivity index (χ0v) is 16.7. The van der Waals surface area contributed by atoms with Crippen LogP contribution >= 0.6 is 11.3 Å². The molecule has 0 unspecified atom stereocenters. The van der Waals surface area contributed by atoms with Crippen LogP contribution in [0.1, 0.15) is 10.8 Å². The van der Waals surface area contributed by atoms with E-state index in [1.54, 1.807) is 11.4 Å². The van der Waals surface area contributed by atoms with Gasteiger partial charge in [0, 0.05) is 6.54 Å². The molecule has 1 heterocycles. The minimum Gasteiger partial charge on any atom is -0.222 e. The summed E-state index contributed by atoms with van der Waals surface area (Å²) in [4.78, 5) is -0.194. The van der Waals surface area contributed by atoms with Crippen molar-refractivity contribution in [3.8, 4) is 0 Å². The number of thiophene rings is 1. The number of hydrogen-bond acceptors (Lipinski definition) is 5. The van der Waals surface area contributed by atoms with Crippen molar-refractivity contribution in [3.05, 3.63) is 83.2 Å². The number of sulfonamides is 1. The standard InChI is InChI=1S/C18H15F2NO4S3/c19-14-5-3-13(4-6-14)17(27(22,23)18-2-1-11-26-18)12-21-28(24,25)16-9-7-15(20)8-10-16/h1-11,17,21H,12H2/t17-/m1/s1. The van der Waals surface area contributed by atoms with Gasteiger partial charge in [-0.05, 0) is 53.4 Å². The first-order chi connectivity index (χ1) is 13.2. The van der Waals surface area contributed by atoms with Crippen LogP contribution in [0.25, 0.3) is 0 Å². The van der Waals surface area contributed by atoms with Crippen molar-refractivity contribution in [2.75, 3.05) is 6.54 Å². The van der Waals surface area contributed by atoms with E-state index in [4.69, 9.17) is 0 Å². The summed E-state index contributed by atoms with van der Waals surface area (Å²) < 4.78 is 79.6. The van der Waals surface area contributed by atoms with Crippen LogP contribution < -0.4 is 4.72 Å². The second kappa shape index (κ2) is 8.08. The number of hydrogen-bond donors (Lipinski definition) is 1. The average Bonchev–Trinajstić information content (AvgIpc) is 3.19. The second-order valence-electron chi connectivity index (χ2n) is 5.82. The molecule has 0 aliphatic heterocycles. The van der Waals surface area contributed by atoms with Crippen molar-refractivity contribution in [1.29, 1.82) is 0 Å². The van der Waals surface area contributed by atoms with Gasteiger partial charge in [0.2, 0.25) is 10.0 Å². The first kappa shape index (κ1) is 20.6. The Morgan fingerprint density at radius 3 is 1.96 bits per heavy atom. The lowest BCUT2D eigenvalue weighted by Gasteiger charge is -2.18. The Bertz CT molecular complexity index is 1140. The summed E-state index contributed by atoms with van der Waals surface area (Å²) in [5.74, 6) is -1.13. The third kappa shape index (κ3) is 4.46. The quantitative estimate of drug-likeness (QED) is 0.606. The molecule has 0 bridgehead atoms. The van der Waals surface area contributed by atoms with Gasteiger partial charge >= 0.3 is 0 Å². The van der Waals surface area contributed by atoms with E-state index in [1.165, 1.54) is 18.2 Å². The predicted octanol–water partition coefficient (Wildman–Crippen LogP) is 3.52. The van der Waals surface area contributed by atoms with Crippen LogP contribution in [0.3, 0.4) is 0 Å². The van der Waals surface area contributed by atoms with E-state index < -0.39 is 43.3 Å². The lowest BCUT2D eigenvalue weighted by Crippen LogP contribution is -2.31. The molecule has 0 amide bonds. The van der Waals surface area contributed by atoms with Crippen LogP contribution in [-0.2, 0) is 19.9 Å². The molecule has 5 nitrogen and oxygen atoms in total. The van der Waals surface area contributed by atoms with E-state index in [2.05, 4.69) is 4.72 Å². The Labute approximate surface area is 165 Å². The highest BCUT2D eigenvalue weighted by Crippen LogP contribution is 2.31. The average molecular weight is 444 g/mol. The summed E-state index contributed by atoms with van der Waals surface area (Å²) in [6.07, 6.45) is 0. The fourth-order valence-corrected chi connectivity index (χ4v) is 6.55. The summed E-state index contributed by atoms with van der Waals surface area (Å²) in [6.45, 7) is -0.467. The van der Waals surface area contributed by atoms with Crippen LogP contribution in [0.4, 0.5) is 8.78 Å². The molecule has 3 aromatic rings. The Morgan fingerprint density at radius 2 is 1.43 bits per heavy atom. The Balaban J connectivity index is 1.94. The minimum atomic E-state index is -4.07. The summed E-state index contributed by atoms with van der Waals surface area (Å²) in [7, 11) is -7.99. The summed E-state index contributed by atoms with van der Waals surface area (Å²) in [5, 5.41) is 0.332. The Morgan fingerprint density at radius 1 is 0.857 bits per heavy atom. The number of benzene rings is 2. The highest BCUT2D eigenvalue weighted by atomic mass is 32.2. The SMILES string of the molecule is O=S(=O)(NC[C@H](c1ccc(F)cc1)S(=O)(=O)c1cccs1)c1ccc(F)cc1. The molecule has 0 saturated heterocycles. The predicted molar refractivity (Wildman–Crippen MR) is 102 cm³/mol. The molecule has 148 valence electrons. The van der Waals surface area contributed by atoms with Gasteiger partial charge in [0.15, 0.2) is 9.84 Å². The number of nitrogens with one attached hydrogen (secondary N) is 1. The van der Waals surface area contributed by atoms with E-state index in [-0.39, 0.29) is 14.7 Å². The number of rotatable bonds is 7. The molecule has 0 radical (unpaired) electrons. The minimum absolute atomic E-state index is 0.0720. The van der Waals surface area contributed by atoms with Crippen LogP contribution in [0, 0.1) is 11.6 Å². The van der Waals surface area contributed by atoms with Crippen molar-refractivity contribution >= 4 is 31.2 Å². The van der Waals surface area contributed by atoms with Crippen LogP contribution in [0.5, 0.6) is 0 Å². The zero-order chi connectivity index (χ0) is 20.4. The van der Waals surface area contributed by atoms with Crippen molar-refractivity contribution in [3.63, 3.8) is 0 Å². The van der Waals surface area contributed by atoms with Gasteiger partial charge in [-0.3, -0.25) is 0 Å². The topological polar surface area (TPSA) is 80.3 Å². The number of sulfone groups is 1. The maximum atomic E-state index is 13.3. The fourth-order valence-electron chi connectivity index (χ4n) is 2.53. The molecule has 0 fully saturated rings. The molecule has 0 spiro atoms. The molecule has 1 aromatic heterocycles. The summed E-state index contributed by atoms with van der Waals surface area (Å²) in [6, 6.07) is 12.0. The molecule has 0 aliphatic carbocycles. The van der Waals surface area contributed by atoms with Crippen LogP contribution in [-0.4, -0.2) is 23.4 Å². The van der Waals surface area contributed by atoms with Gasteiger partial charge in [0.25, 0.3) is 0 Å². The molecular formula is C18H15F2NO4S3. The lowest BCUT2D eigenvalue weighted by molar-refractivity contribution is 0.569. The van der Waals surface area contributed by atoms with Crippen molar-refractivity contribution in [2.45, 2.75) is 14.4 Å². The molecule has 28 heavy (non-hydrogen) atoms. The fraction of sp³-hybridized carbons (Fsp3) is 0.111. The van der Waals surface area contributed by atoms with Gasteiger partial charge in [-0.15, -0.1) is 11.3 Å². The van der Waals surface area contributed by atoms with E-state index in [1.807, 2.05) is 0 Å². The Hall–Kier alpha value is -2.14. The normalized spacial score (nSPS) is 13.4. The summed E-state index contributed by atoms with van der Waals surface area (Å²) in [5.41, 5.74) is 0.247. The molecule has 1 N–H and O–H groups in total. The smallest absolute Gasteiger partial charge is 0.222 e. The zero-order valence-electron chi connectivity index (χ0n) is 14.2. The van der Waals surface area contributed by atoms with Crippen LogP contribution in [0.15, 0.2) is 75.1 Å². The molecule has 2 aromatic carbocycles. The highest BCUT2D eigenvalue weighted by molar-refractivity contribution is 7.93. The van der Waals surface area contributed by atoms with Crippen molar-refractivity contribution < 1.29 is 25.6 Å². The van der Waals surface area contributed by atoms with Gasteiger partial charge in [0.05, 0.1) is 4.90 Å². The molecule has 10 heteroatoms. The van der Waals surface area contributed by atoms with Gasteiger partial charge in [-0.2, -0.15) is 0 Å². The maximum absolute atomic E-state index is 13.3. The molecule has 1 atom stereocenters. The van der Waals surface area contributed by atoms with Crippen molar-refractivity contribution in [1.82, 2.24) is 4.72 Å². The van der Waals surface area contributed by atoms with Gasteiger partial charge in [-0.1, -0.05) is 18.2 Å². The third-order valence-corrected chi connectivity index (χ3v) is 8.95. The summed E-state index contributed by atoms with van der Waals surface area (Å²) >= 11 is 1.01. The van der Waals surface area contributed by atoms with E-state index in [0.717, 1.165) is 47.7 Å². The first-order valence-electron chi connectivity index (χ1n) is 7.98. The molecule has 0 aliphatic rings. The second-order valence-corrected chi connectivity index (χ2v) is 10.9. The number of halogens is 2. The monoisotopic (exact) mass is 443 g/mol. The van der Waals surface area contributed by atoms with Gasteiger partial charge in [-0.25, -0.2) is 30.3 Å². The first-order valence-corrected chi connectivity index (χ1v) is 11.9. The molecule has 3 rings (SSSR count). The molecular weight excluding hydrogens is 428 g/mol. The van der Waals surface area contributed by atoms with Crippen molar-refractivity contribution in [2.24, 2.45) is 0 Å². The maximum Gasteiger partial charge on any atom is 0.240 e. The Kier molecular flexibility index (Phi) is 5.94. The van der Waals surface area contributed by atoms with Gasteiger partial charge in [0.1, 0.15) is 21.1 Å².